The predicted molar refractivity (Wildman–Crippen MR) is 71.8 cm³/mol. The average molecular weight is 294 g/mol. The van der Waals surface area contributed by atoms with E-state index in [4.69, 9.17) is 0 Å². The Morgan fingerprint density at radius 3 is 2.10 bits per heavy atom. The van der Waals surface area contributed by atoms with Crippen molar-refractivity contribution in [1.29, 1.82) is 0 Å². The van der Waals surface area contributed by atoms with Gasteiger partial charge in [-0.05, 0) is 17.7 Å². The van der Waals surface area contributed by atoms with E-state index in [1.807, 2.05) is 0 Å². The molecule has 0 fully saturated rings. The first-order valence-electron chi connectivity index (χ1n) is 6.31. The third kappa shape index (κ3) is 3.92. The van der Waals surface area contributed by atoms with Crippen molar-refractivity contribution in [2.45, 2.75) is 18.7 Å². The van der Waals surface area contributed by atoms with E-state index in [9.17, 15) is 23.1 Å². The van der Waals surface area contributed by atoms with Crippen LogP contribution >= 0.6 is 0 Å². The Morgan fingerprint density at radius 2 is 1.57 bits per heavy atom. The van der Waals surface area contributed by atoms with Gasteiger partial charge in [-0.15, -0.1) is 0 Å². The molecule has 1 N–H and O–H groups in total. The van der Waals surface area contributed by atoms with Gasteiger partial charge in [-0.1, -0.05) is 42.5 Å². The lowest BCUT2D eigenvalue weighted by Gasteiger charge is -2.11. The van der Waals surface area contributed by atoms with Crippen molar-refractivity contribution in [2.24, 2.45) is 0 Å². The topological polar surface area (TPSA) is 37.3 Å². The Hall–Kier alpha value is -2.14. The van der Waals surface area contributed by atoms with Gasteiger partial charge in [0.15, 0.2) is 5.78 Å². The molecule has 0 heterocycles. The third-order valence-corrected chi connectivity index (χ3v) is 3.10. The average Bonchev–Trinajstić information content (AvgIpc) is 2.47. The first-order valence-corrected chi connectivity index (χ1v) is 6.31. The lowest BCUT2D eigenvalue weighted by atomic mass is 9.99. The normalized spacial score (nSPS) is 13.0. The molecular weight excluding hydrogens is 281 g/mol. The number of ketones is 1. The van der Waals surface area contributed by atoms with E-state index in [0.29, 0.717) is 5.56 Å². The van der Waals surface area contributed by atoms with E-state index in [-0.39, 0.29) is 12.0 Å². The summed E-state index contributed by atoms with van der Waals surface area (Å²) in [6.45, 7) is 0. The predicted octanol–water partition coefficient (Wildman–Crippen LogP) is 4.01. The maximum atomic E-state index is 12.4. The largest absolute Gasteiger partial charge is 0.416 e. The number of rotatable bonds is 4. The molecule has 2 aromatic carbocycles. The van der Waals surface area contributed by atoms with Gasteiger partial charge in [0.25, 0.3) is 0 Å². The van der Waals surface area contributed by atoms with Crippen LogP contribution in [0.3, 0.4) is 0 Å². The molecule has 0 saturated carbocycles. The number of alkyl halides is 3. The van der Waals surface area contributed by atoms with E-state index < -0.39 is 23.6 Å². The van der Waals surface area contributed by atoms with E-state index in [0.717, 1.165) is 24.3 Å². The van der Waals surface area contributed by atoms with Crippen molar-refractivity contribution in [3.63, 3.8) is 0 Å². The van der Waals surface area contributed by atoms with Gasteiger partial charge in [-0.25, -0.2) is 0 Å². The zero-order valence-corrected chi connectivity index (χ0v) is 11.0. The Kier molecular flexibility index (Phi) is 4.43. The van der Waals surface area contributed by atoms with Crippen LogP contribution in [0.15, 0.2) is 54.6 Å². The number of aliphatic hydroxyl groups is 1. The molecule has 0 spiro atoms. The van der Waals surface area contributed by atoms with Crippen LogP contribution in [-0.2, 0) is 6.18 Å². The molecule has 1 unspecified atom stereocenters. The van der Waals surface area contributed by atoms with Gasteiger partial charge in [0.2, 0.25) is 0 Å². The Labute approximate surface area is 119 Å². The second kappa shape index (κ2) is 6.10. The van der Waals surface area contributed by atoms with E-state index in [2.05, 4.69) is 0 Å². The number of hydrogen-bond donors (Lipinski definition) is 1. The maximum Gasteiger partial charge on any atom is 0.416 e. The quantitative estimate of drug-likeness (QED) is 0.865. The summed E-state index contributed by atoms with van der Waals surface area (Å²) in [5.74, 6) is -0.403. The molecule has 1 atom stereocenters. The molecule has 110 valence electrons. The molecule has 2 nitrogen and oxygen atoms in total. The van der Waals surface area contributed by atoms with Crippen LogP contribution in [-0.4, -0.2) is 10.9 Å². The maximum absolute atomic E-state index is 12.4. The number of benzene rings is 2. The van der Waals surface area contributed by atoms with E-state index in [1.165, 1.54) is 0 Å². The Morgan fingerprint density at radius 1 is 1.00 bits per heavy atom. The van der Waals surface area contributed by atoms with Crippen LogP contribution in [0.4, 0.5) is 13.2 Å². The molecule has 0 radical (unpaired) electrons. The van der Waals surface area contributed by atoms with Gasteiger partial charge in [-0.2, -0.15) is 13.2 Å². The van der Waals surface area contributed by atoms with E-state index >= 15 is 0 Å². The van der Waals surface area contributed by atoms with Crippen molar-refractivity contribution in [1.82, 2.24) is 0 Å². The monoisotopic (exact) mass is 294 g/mol. The highest BCUT2D eigenvalue weighted by atomic mass is 19.4. The summed E-state index contributed by atoms with van der Waals surface area (Å²) >= 11 is 0. The van der Waals surface area contributed by atoms with Crippen molar-refractivity contribution >= 4 is 5.78 Å². The van der Waals surface area contributed by atoms with Crippen molar-refractivity contribution in [3.05, 3.63) is 71.3 Å². The SMILES string of the molecule is O=C(CC(O)c1ccccc1)c1ccc(C(F)(F)F)cc1. The highest BCUT2D eigenvalue weighted by molar-refractivity contribution is 5.96. The molecule has 2 aromatic rings. The molecule has 2 rings (SSSR count). The van der Waals surface area contributed by atoms with Crippen molar-refractivity contribution < 1.29 is 23.1 Å². The summed E-state index contributed by atoms with van der Waals surface area (Å²) in [6, 6.07) is 12.6. The molecule has 0 amide bonds. The first-order chi connectivity index (χ1) is 9.88. The number of aliphatic hydroxyl groups excluding tert-OH is 1. The van der Waals surface area contributed by atoms with Gasteiger partial charge >= 0.3 is 6.18 Å². The molecular formula is C16H13F3O2. The fraction of sp³-hybridized carbons (Fsp3) is 0.188. The minimum Gasteiger partial charge on any atom is -0.388 e. The summed E-state index contributed by atoms with van der Waals surface area (Å²) in [7, 11) is 0. The molecule has 5 heteroatoms. The summed E-state index contributed by atoms with van der Waals surface area (Å²) in [5.41, 5.74) is -0.0570. The molecule has 0 aliphatic rings. The molecule has 0 bridgehead atoms. The van der Waals surface area contributed by atoms with Gasteiger partial charge < -0.3 is 5.11 Å². The fourth-order valence-corrected chi connectivity index (χ4v) is 1.93. The zero-order valence-electron chi connectivity index (χ0n) is 11.0. The van der Waals surface area contributed by atoms with Crippen LogP contribution in [0.25, 0.3) is 0 Å². The lowest BCUT2D eigenvalue weighted by Crippen LogP contribution is -2.09. The highest BCUT2D eigenvalue weighted by Crippen LogP contribution is 2.29. The summed E-state index contributed by atoms with van der Waals surface area (Å²) in [6.07, 6.45) is -5.57. The molecule has 21 heavy (non-hydrogen) atoms. The smallest absolute Gasteiger partial charge is 0.388 e. The number of carbonyl (C=O) groups is 1. The highest BCUT2D eigenvalue weighted by Gasteiger charge is 2.30. The molecule has 0 saturated heterocycles. The van der Waals surface area contributed by atoms with Gasteiger partial charge in [-0.3, -0.25) is 4.79 Å². The summed E-state index contributed by atoms with van der Waals surface area (Å²) in [4.78, 5) is 11.9. The summed E-state index contributed by atoms with van der Waals surface area (Å²) in [5, 5.41) is 9.94. The van der Waals surface area contributed by atoms with Crippen LogP contribution in [0, 0.1) is 0 Å². The van der Waals surface area contributed by atoms with Crippen LogP contribution in [0.2, 0.25) is 0 Å². The van der Waals surface area contributed by atoms with Crippen LogP contribution in [0.5, 0.6) is 0 Å². The Bertz CT molecular complexity index is 604. The van der Waals surface area contributed by atoms with E-state index in [1.54, 1.807) is 30.3 Å². The molecule has 0 aliphatic carbocycles. The first kappa shape index (κ1) is 15.3. The standard InChI is InChI=1S/C16H13F3O2/c17-16(18,19)13-8-6-12(7-9-13)15(21)10-14(20)11-4-2-1-3-5-11/h1-9,14,20H,10H2. The van der Waals surface area contributed by atoms with Crippen LogP contribution < -0.4 is 0 Å². The van der Waals surface area contributed by atoms with Gasteiger partial charge in [0, 0.05) is 12.0 Å². The fourth-order valence-electron chi connectivity index (χ4n) is 1.93. The minimum absolute atomic E-state index is 0.151. The number of carbonyl (C=O) groups excluding carboxylic acids is 1. The second-order valence-corrected chi connectivity index (χ2v) is 4.63. The van der Waals surface area contributed by atoms with Crippen molar-refractivity contribution in [2.75, 3.05) is 0 Å². The minimum atomic E-state index is -4.43. The van der Waals surface area contributed by atoms with Gasteiger partial charge in [0.1, 0.15) is 0 Å². The molecule has 0 aromatic heterocycles. The summed E-state index contributed by atoms with van der Waals surface area (Å²) < 4.78 is 37.3. The Balaban J connectivity index is 2.07. The zero-order chi connectivity index (χ0) is 15.5. The third-order valence-electron chi connectivity index (χ3n) is 3.10. The molecule has 0 aliphatic heterocycles. The lowest BCUT2D eigenvalue weighted by molar-refractivity contribution is -0.137. The van der Waals surface area contributed by atoms with Crippen LogP contribution in [0.1, 0.15) is 34.0 Å². The number of hydrogen-bond acceptors (Lipinski definition) is 2. The van der Waals surface area contributed by atoms with Gasteiger partial charge in [0.05, 0.1) is 11.7 Å². The van der Waals surface area contributed by atoms with Crippen molar-refractivity contribution in [3.8, 4) is 0 Å². The second-order valence-electron chi connectivity index (χ2n) is 4.63. The number of halogens is 3. The number of Topliss-reactive ketones (excluding diaryl/α,β-unsaturated/α-hetero) is 1.